The third kappa shape index (κ3) is 26.4. The van der Waals surface area contributed by atoms with Gasteiger partial charge in [-0.2, -0.15) is 0 Å². The fraction of sp³-hybridized carbons (Fsp3) is 0.694. The second-order valence-corrected chi connectivity index (χ2v) is 20.3. The van der Waals surface area contributed by atoms with E-state index in [-0.39, 0.29) is 76.5 Å². The Balaban J connectivity index is 3.52. The number of nitrogens with two attached hydrogens (primary N) is 6. The molecule has 1 rings (SSSR count). The predicted octanol–water partition coefficient (Wildman–Crippen LogP) is -6.35. The first-order valence-electron chi connectivity index (χ1n) is 26.8. The molecule has 0 radical (unpaired) electrons. The number of primary amides is 2. The van der Waals surface area contributed by atoms with Crippen LogP contribution < -0.4 is 76.9 Å². The normalized spacial score (nSPS) is 16.5. The highest BCUT2D eigenvalue weighted by molar-refractivity contribution is 6.00. The molecule has 462 valence electrons. The summed E-state index contributed by atoms with van der Waals surface area (Å²) in [5, 5.41) is 47.7. The average Bonchev–Trinajstić information content (AvgIpc) is 4.05. The number of nitrogens with one attached hydrogen (secondary N) is 8. The van der Waals surface area contributed by atoms with Crippen LogP contribution >= 0.6 is 0 Å². The minimum Gasteiger partial charge on any atom is -0.481 e. The number of hydrogen-bond acceptors (Lipinski definition) is 17. The summed E-state index contributed by atoms with van der Waals surface area (Å²) in [6.45, 7) is 8.09. The van der Waals surface area contributed by atoms with Crippen LogP contribution in [0.4, 0.5) is 0 Å². The van der Waals surface area contributed by atoms with E-state index in [2.05, 4.69) is 47.5 Å². The third-order valence-electron chi connectivity index (χ3n) is 12.9. The van der Waals surface area contributed by atoms with Crippen LogP contribution in [0.25, 0.3) is 0 Å². The summed E-state index contributed by atoms with van der Waals surface area (Å²) in [5.41, 5.74) is 32.8. The summed E-state index contributed by atoms with van der Waals surface area (Å²) in [6, 6.07) is -15.2. The molecule has 1 aliphatic rings. The number of carbonyl (C=O) groups is 14. The van der Waals surface area contributed by atoms with Crippen LogP contribution in [0.5, 0.6) is 0 Å². The summed E-state index contributed by atoms with van der Waals surface area (Å²) in [6.07, 6.45) is -2.73. The number of carboxylic acids is 3. The van der Waals surface area contributed by atoms with Crippen molar-refractivity contribution in [3.05, 3.63) is 0 Å². The highest BCUT2D eigenvalue weighted by Gasteiger charge is 2.41. The van der Waals surface area contributed by atoms with Crippen molar-refractivity contribution in [1.29, 1.82) is 0 Å². The van der Waals surface area contributed by atoms with Crippen LogP contribution in [0.2, 0.25) is 0 Å². The molecule has 1 heterocycles. The fourth-order valence-corrected chi connectivity index (χ4v) is 8.34. The van der Waals surface area contributed by atoms with E-state index in [1.165, 1.54) is 13.8 Å². The number of nitrogens with zero attached hydrogens (tertiary/aromatic N) is 2. The number of carbonyl (C=O) groups excluding carboxylic acids is 11. The Kier molecular flexibility index (Phi) is 31.7. The van der Waals surface area contributed by atoms with Crippen molar-refractivity contribution in [2.24, 2.45) is 51.2 Å². The molecule has 1 saturated heterocycles. The number of hydrogen-bond donors (Lipinski definition) is 17. The van der Waals surface area contributed by atoms with Gasteiger partial charge >= 0.3 is 17.9 Å². The first-order valence-corrected chi connectivity index (χ1v) is 26.8. The smallest absolute Gasteiger partial charge is 0.326 e. The number of aliphatic imine (C=N–C) groups is 1. The Bertz CT molecular complexity index is 2320. The van der Waals surface area contributed by atoms with Gasteiger partial charge in [-0.1, -0.05) is 34.1 Å². The average molecular weight is 1170 g/mol. The van der Waals surface area contributed by atoms with E-state index in [0.29, 0.717) is 12.8 Å². The molecule has 11 amide bonds. The van der Waals surface area contributed by atoms with Gasteiger partial charge in [-0.3, -0.25) is 67.3 Å². The lowest BCUT2D eigenvalue weighted by Gasteiger charge is -2.31. The van der Waals surface area contributed by atoms with Gasteiger partial charge in [-0.25, -0.2) is 4.79 Å². The Morgan fingerprint density at radius 1 is 0.573 bits per heavy atom. The molecule has 0 saturated carbocycles. The zero-order valence-electron chi connectivity index (χ0n) is 46.9. The van der Waals surface area contributed by atoms with Crippen LogP contribution in [0.15, 0.2) is 4.99 Å². The van der Waals surface area contributed by atoms with Gasteiger partial charge < -0.3 is 97.2 Å². The molecule has 1 fully saturated rings. The number of guanidine groups is 1. The van der Waals surface area contributed by atoms with E-state index in [9.17, 15) is 77.3 Å². The zero-order chi connectivity index (χ0) is 62.6. The molecule has 33 nitrogen and oxygen atoms in total. The summed E-state index contributed by atoms with van der Waals surface area (Å²) >= 11 is 0. The summed E-state index contributed by atoms with van der Waals surface area (Å²) in [4.78, 5) is 187. The molecule has 82 heavy (non-hydrogen) atoms. The highest BCUT2D eigenvalue weighted by atomic mass is 16.4. The van der Waals surface area contributed by atoms with E-state index in [0.717, 1.165) is 4.90 Å². The number of rotatable bonds is 39. The van der Waals surface area contributed by atoms with Gasteiger partial charge in [0.2, 0.25) is 65.0 Å². The largest absolute Gasteiger partial charge is 0.481 e. The van der Waals surface area contributed by atoms with Gasteiger partial charge in [0.05, 0.1) is 25.3 Å². The van der Waals surface area contributed by atoms with Crippen LogP contribution in [0.1, 0.15) is 125 Å². The van der Waals surface area contributed by atoms with Crippen molar-refractivity contribution in [1.82, 2.24) is 47.4 Å². The lowest BCUT2D eigenvalue weighted by molar-refractivity contribution is -0.144. The fourth-order valence-electron chi connectivity index (χ4n) is 8.34. The maximum atomic E-state index is 14.4. The summed E-state index contributed by atoms with van der Waals surface area (Å²) in [7, 11) is 0. The van der Waals surface area contributed by atoms with Crippen molar-refractivity contribution >= 4 is 88.8 Å². The molecule has 11 atom stereocenters. The number of carboxylic acid groups (broad SMARTS) is 3. The standard InChI is InChI=1S/C49H84N16O17/c1-6-24(4)38(46(79)60-29(48(81)82)14-15-36(68)69)64-41(74)27(12-9-17-56-49(54)55)58-43(76)31(21-35(53)67)62-44(77)32(22-37(70)71)63-45(78)33-13-10-18-65(33)47(80)28(11-7-8-16-50)59-42(75)30(19-23(2)3)61-39(72)25(5)57-40(73)26(51)20-34(52)66/h23-33,38H,6-22,50-51H2,1-5H3,(H2,52,66)(H2,53,67)(H,57,73)(H,58,76)(H,59,75)(H,60,79)(H,61,72)(H,62,77)(H,63,78)(H,64,74)(H,68,69)(H,70,71)(H,81,82)(H4,54,55,56)/t24-,25-,26-,27-,28-,29-,30-,31-,32-,33-,38-/m0/s1. The molecule has 0 bridgehead atoms. The molecule has 0 aromatic rings. The lowest BCUT2D eigenvalue weighted by Crippen LogP contribution is -2.61. The molecular weight excluding hydrogens is 1080 g/mol. The number of unbranched alkanes of at least 4 members (excludes halogenated alkanes) is 1. The van der Waals surface area contributed by atoms with E-state index in [1.807, 2.05) is 0 Å². The summed E-state index contributed by atoms with van der Waals surface area (Å²) < 4.78 is 0. The Morgan fingerprint density at radius 3 is 1.65 bits per heavy atom. The molecule has 0 aromatic heterocycles. The SMILES string of the molecule is CC[C@H](C)[C@H](NC(=O)[C@H](CCCN=C(N)N)NC(=O)[C@H](CC(N)=O)NC(=O)[C@H](CC(=O)O)NC(=O)[C@@H]1CCCN1C(=O)[C@H](CCCCN)NC(=O)[C@H](CC(C)C)NC(=O)[C@H](C)NC(=O)[C@@H](N)CC(N)=O)C(=O)N[C@@H](CCC(=O)O)C(=O)O. The van der Waals surface area contributed by atoms with Gasteiger partial charge in [-0.15, -0.1) is 0 Å². The van der Waals surface area contributed by atoms with Crippen LogP contribution in [-0.2, 0) is 67.1 Å². The molecule has 0 unspecified atom stereocenters. The van der Waals surface area contributed by atoms with Crippen LogP contribution in [-0.4, -0.2) is 189 Å². The minimum atomic E-state index is -1.99. The lowest BCUT2D eigenvalue weighted by atomic mass is 9.96. The number of aliphatic carboxylic acids is 3. The van der Waals surface area contributed by atoms with Crippen molar-refractivity contribution in [3.8, 4) is 0 Å². The van der Waals surface area contributed by atoms with Gasteiger partial charge in [0, 0.05) is 19.5 Å². The number of amides is 11. The Morgan fingerprint density at radius 2 is 1.11 bits per heavy atom. The monoisotopic (exact) mass is 1170 g/mol. The van der Waals surface area contributed by atoms with E-state index in [4.69, 9.17) is 39.5 Å². The van der Waals surface area contributed by atoms with Gasteiger partial charge in [0.1, 0.15) is 54.4 Å². The van der Waals surface area contributed by atoms with E-state index in [1.54, 1.807) is 20.8 Å². The molecular formula is C49H84N16O17. The Labute approximate surface area is 473 Å². The van der Waals surface area contributed by atoms with Crippen molar-refractivity contribution in [2.75, 3.05) is 19.6 Å². The predicted molar refractivity (Wildman–Crippen MR) is 290 cm³/mol. The third-order valence-corrected chi connectivity index (χ3v) is 12.9. The second kappa shape index (κ2) is 36.2. The van der Waals surface area contributed by atoms with Gasteiger partial charge in [-0.05, 0) is 83.1 Å². The first-order chi connectivity index (χ1) is 38.3. The maximum absolute atomic E-state index is 14.4. The van der Waals surface area contributed by atoms with Crippen molar-refractivity contribution in [3.63, 3.8) is 0 Å². The zero-order valence-corrected chi connectivity index (χ0v) is 46.9. The molecule has 1 aliphatic heterocycles. The topological polar surface area (TPSA) is 568 Å². The van der Waals surface area contributed by atoms with E-state index >= 15 is 0 Å². The first kappa shape index (κ1) is 71.8. The molecule has 0 spiro atoms. The molecule has 33 heteroatoms. The van der Waals surface area contributed by atoms with Gasteiger partial charge in [0.25, 0.3) is 0 Å². The van der Waals surface area contributed by atoms with Crippen LogP contribution in [0.3, 0.4) is 0 Å². The minimum absolute atomic E-state index is 0.00247. The van der Waals surface area contributed by atoms with Crippen molar-refractivity contribution in [2.45, 2.75) is 185 Å². The molecule has 23 N–H and O–H groups in total. The van der Waals surface area contributed by atoms with E-state index < -0.39 is 181 Å². The highest BCUT2D eigenvalue weighted by Crippen LogP contribution is 2.21. The van der Waals surface area contributed by atoms with Gasteiger partial charge in [0.15, 0.2) is 5.96 Å². The maximum Gasteiger partial charge on any atom is 0.326 e. The molecule has 0 aromatic carbocycles. The quantitative estimate of drug-likeness (QED) is 0.0155. The Hall–Kier alpha value is -8.23. The van der Waals surface area contributed by atoms with Crippen molar-refractivity contribution < 1.29 is 82.4 Å². The number of likely N-dealkylation sites (tertiary alicyclic amines) is 1. The second-order valence-electron chi connectivity index (χ2n) is 20.3. The van der Waals surface area contributed by atoms with Crippen LogP contribution in [0, 0.1) is 11.8 Å². The molecule has 0 aliphatic carbocycles. The summed E-state index contributed by atoms with van der Waals surface area (Å²) in [5.74, 6) is -16.6.